The molecule has 0 atom stereocenters. The zero-order valence-corrected chi connectivity index (χ0v) is 9.34. The Labute approximate surface area is 91.5 Å². The Bertz CT molecular complexity index is 393. The lowest BCUT2D eigenvalue weighted by Crippen LogP contribution is -2.02. The summed E-state index contributed by atoms with van der Waals surface area (Å²) < 4.78 is 0. The molecule has 0 spiro atoms. The van der Waals surface area contributed by atoms with Gasteiger partial charge in [-0.3, -0.25) is 4.79 Å². The van der Waals surface area contributed by atoms with E-state index in [1.54, 1.807) is 6.92 Å². The fourth-order valence-electron chi connectivity index (χ4n) is 1.54. The predicted molar refractivity (Wildman–Crippen MR) is 62.8 cm³/mol. The van der Waals surface area contributed by atoms with Gasteiger partial charge in [0.05, 0.1) is 0 Å². The van der Waals surface area contributed by atoms with E-state index in [0.29, 0.717) is 12.8 Å². The van der Waals surface area contributed by atoms with Crippen LogP contribution in [0.2, 0.25) is 0 Å². The molecule has 1 heteroatoms. The molecule has 1 aromatic rings. The van der Waals surface area contributed by atoms with E-state index in [2.05, 4.69) is 18.8 Å². The standard InChI is InChI=1S/C14H16O/c1-3-5-6-11-14(15)13-10-8-7-9-12(13)4-2/h7-10H,4,6,11H2,1-2H3. The van der Waals surface area contributed by atoms with Gasteiger partial charge in [-0.25, -0.2) is 0 Å². The Kier molecular flexibility index (Phi) is 4.63. The van der Waals surface area contributed by atoms with Gasteiger partial charge in [-0.2, -0.15) is 0 Å². The second-order valence-electron chi connectivity index (χ2n) is 3.36. The van der Waals surface area contributed by atoms with E-state index in [0.717, 1.165) is 17.5 Å². The Balaban J connectivity index is 2.75. The van der Waals surface area contributed by atoms with Crippen molar-refractivity contribution in [1.29, 1.82) is 0 Å². The van der Waals surface area contributed by atoms with Crippen LogP contribution in [0.1, 0.15) is 42.6 Å². The van der Waals surface area contributed by atoms with Crippen molar-refractivity contribution >= 4 is 5.78 Å². The lowest BCUT2D eigenvalue weighted by Gasteiger charge is -2.04. The highest BCUT2D eigenvalue weighted by Gasteiger charge is 2.08. The molecule has 0 fully saturated rings. The van der Waals surface area contributed by atoms with Crippen molar-refractivity contribution in [2.45, 2.75) is 33.1 Å². The van der Waals surface area contributed by atoms with E-state index in [-0.39, 0.29) is 5.78 Å². The zero-order valence-electron chi connectivity index (χ0n) is 9.34. The second kappa shape index (κ2) is 6.03. The predicted octanol–water partition coefficient (Wildman–Crippen LogP) is 3.24. The van der Waals surface area contributed by atoms with Gasteiger partial charge in [0.2, 0.25) is 0 Å². The van der Waals surface area contributed by atoms with Crippen LogP contribution in [0.25, 0.3) is 0 Å². The van der Waals surface area contributed by atoms with Crippen molar-refractivity contribution in [2.75, 3.05) is 0 Å². The fourth-order valence-corrected chi connectivity index (χ4v) is 1.54. The maximum atomic E-state index is 11.8. The summed E-state index contributed by atoms with van der Waals surface area (Å²) in [6.45, 7) is 3.86. The number of aryl methyl sites for hydroxylation is 1. The molecule has 0 heterocycles. The van der Waals surface area contributed by atoms with Crippen molar-refractivity contribution in [1.82, 2.24) is 0 Å². The highest BCUT2D eigenvalue weighted by Crippen LogP contribution is 2.12. The molecule has 0 N–H and O–H groups in total. The van der Waals surface area contributed by atoms with Gasteiger partial charge in [0.15, 0.2) is 5.78 Å². The van der Waals surface area contributed by atoms with Crippen LogP contribution in [-0.2, 0) is 6.42 Å². The molecule has 1 nitrogen and oxygen atoms in total. The molecule has 0 amide bonds. The van der Waals surface area contributed by atoms with Crippen molar-refractivity contribution in [3.63, 3.8) is 0 Å². The number of benzene rings is 1. The smallest absolute Gasteiger partial charge is 0.164 e. The second-order valence-corrected chi connectivity index (χ2v) is 3.36. The molecule has 15 heavy (non-hydrogen) atoms. The number of Topliss-reactive ketones (excluding diaryl/α,β-unsaturated/α-hetero) is 1. The maximum Gasteiger partial charge on any atom is 0.164 e. The number of hydrogen-bond donors (Lipinski definition) is 0. The average Bonchev–Trinajstić information content (AvgIpc) is 2.29. The molecular weight excluding hydrogens is 184 g/mol. The molecule has 0 unspecified atom stereocenters. The highest BCUT2D eigenvalue weighted by atomic mass is 16.1. The zero-order chi connectivity index (χ0) is 11.1. The van der Waals surface area contributed by atoms with E-state index in [1.807, 2.05) is 24.3 Å². The van der Waals surface area contributed by atoms with Crippen LogP contribution in [0, 0.1) is 11.8 Å². The molecule has 0 radical (unpaired) electrons. The Hall–Kier alpha value is -1.55. The van der Waals surface area contributed by atoms with Gasteiger partial charge < -0.3 is 0 Å². The summed E-state index contributed by atoms with van der Waals surface area (Å²) in [4.78, 5) is 11.8. The average molecular weight is 200 g/mol. The van der Waals surface area contributed by atoms with Crippen LogP contribution in [0.3, 0.4) is 0 Å². The van der Waals surface area contributed by atoms with Crippen molar-refractivity contribution < 1.29 is 4.79 Å². The van der Waals surface area contributed by atoms with Gasteiger partial charge in [-0.05, 0) is 18.9 Å². The Morgan fingerprint density at radius 3 is 2.73 bits per heavy atom. The lowest BCUT2D eigenvalue weighted by atomic mass is 9.99. The van der Waals surface area contributed by atoms with Crippen LogP contribution in [0.4, 0.5) is 0 Å². The first-order chi connectivity index (χ1) is 7.29. The molecule has 0 saturated heterocycles. The van der Waals surface area contributed by atoms with E-state index >= 15 is 0 Å². The Morgan fingerprint density at radius 2 is 2.07 bits per heavy atom. The minimum atomic E-state index is 0.204. The summed E-state index contributed by atoms with van der Waals surface area (Å²) in [7, 11) is 0. The quantitative estimate of drug-likeness (QED) is 0.538. The van der Waals surface area contributed by atoms with E-state index < -0.39 is 0 Å². The highest BCUT2D eigenvalue weighted by molar-refractivity contribution is 5.97. The van der Waals surface area contributed by atoms with Crippen LogP contribution < -0.4 is 0 Å². The topological polar surface area (TPSA) is 17.1 Å². The van der Waals surface area contributed by atoms with Crippen LogP contribution >= 0.6 is 0 Å². The Morgan fingerprint density at radius 1 is 1.33 bits per heavy atom. The molecule has 1 aromatic carbocycles. The minimum Gasteiger partial charge on any atom is -0.294 e. The molecule has 1 rings (SSSR count). The number of rotatable bonds is 4. The van der Waals surface area contributed by atoms with Crippen LogP contribution in [0.5, 0.6) is 0 Å². The number of hydrogen-bond acceptors (Lipinski definition) is 1. The van der Waals surface area contributed by atoms with Crippen molar-refractivity contribution in [2.24, 2.45) is 0 Å². The van der Waals surface area contributed by atoms with Crippen LogP contribution in [0.15, 0.2) is 24.3 Å². The summed E-state index contributed by atoms with van der Waals surface area (Å²) >= 11 is 0. The van der Waals surface area contributed by atoms with Crippen molar-refractivity contribution in [3.05, 3.63) is 35.4 Å². The van der Waals surface area contributed by atoms with E-state index in [4.69, 9.17) is 0 Å². The van der Waals surface area contributed by atoms with Gasteiger partial charge in [-0.15, -0.1) is 11.8 Å². The summed E-state index contributed by atoms with van der Waals surface area (Å²) in [6.07, 6.45) is 2.09. The minimum absolute atomic E-state index is 0.204. The van der Waals surface area contributed by atoms with Gasteiger partial charge in [-0.1, -0.05) is 31.2 Å². The SMILES string of the molecule is CC#CCCC(=O)c1ccccc1CC. The van der Waals surface area contributed by atoms with Crippen LogP contribution in [-0.4, -0.2) is 5.78 Å². The lowest BCUT2D eigenvalue weighted by molar-refractivity contribution is 0.0983. The first kappa shape index (κ1) is 11.5. The molecule has 78 valence electrons. The first-order valence-electron chi connectivity index (χ1n) is 5.30. The van der Waals surface area contributed by atoms with Gasteiger partial charge in [0.25, 0.3) is 0 Å². The normalized spacial score (nSPS) is 9.20. The summed E-state index contributed by atoms with van der Waals surface area (Å²) in [5.41, 5.74) is 1.99. The van der Waals surface area contributed by atoms with Crippen molar-refractivity contribution in [3.8, 4) is 11.8 Å². The number of carbonyl (C=O) groups excluding carboxylic acids is 1. The van der Waals surface area contributed by atoms with Gasteiger partial charge >= 0.3 is 0 Å². The molecule has 0 bridgehead atoms. The first-order valence-corrected chi connectivity index (χ1v) is 5.30. The van der Waals surface area contributed by atoms with Gasteiger partial charge in [0, 0.05) is 18.4 Å². The third kappa shape index (κ3) is 3.25. The number of ketones is 1. The molecule has 0 aliphatic carbocycles. The summed E-state index contributed by atoms with van der Waals surface area (Å²) in [6, 6.07) is 7.80. The molecule has 0 aromatic heterocycles. The third-order valence-electron chi connectivity index (χ3n) is 2.35. The molecule has 0 aliphatic heterocycles. The summed E-state index contributed by atoms with van der Waals surface area (Å²) in [5.74, 6) is 5.92. The molecule has 0 aliphatic rings. The monoisotopic (exact) mass is 200 g/mol. The fraction of sp³-hybridized carbons (Fsp3) is 0.357. The molecule has 0 saturated carbocycles. The largest absolute Gasteiger partial charge is 0.294 e. The van der Waals surface area contributed by atoms with Gasteiger partial charge in [0.1, 0.15) is 0 Å². The van der Waals surface area contributed by atoms with E-state index in [1.165, 1.54) is 0 Å². The summed E-state index contributed by atoms with van der Waals surface area (Å²) in [5, 5.41) is 0. The third-order valence-corrected chi connectivity index (χ3v) is 2.35. The molecular formula is C14H16O. The maximum absolute atomic E-state index is 11.8. The number of carbonyl (C=O) groups is 1. The van der Waals surface area contributed by atoms with E-state index in [9.17, 15) is 4.79 Å².